The smallest absolute Gasteiger partial charge is 0.251 e. The molecule has 0 saturated heterocycles. The summed E-state index contributed by atoms with van der Waals surface area (Å²) in [5.41, 5.74) is 1.73. The monoisotopic (exact) mass is 196 g/mol. The molecule has 2 rings (SSSR count). The molecule has 14 heavy (non-hydrogen) atoms. The number of aromatic nitrogens is 2. The average Bonchev–Trinajstić information content (AvgIpc) is 2.42. The first kappa shape index (κ1) is 9.12. The molecule has 0 amide bonds. The SMILES string of the molecule is Cc1c(F)c(F)nc2c1cc(C)n2C. The van der Waals surface area contributed by atoms with Gasteiger partial charge >= 0.3 is 0 Å². The van der Waals surface area contributed by atoms with Gasteiger partial charge in [0.05, 0.1) is 0 Å². The van der Waals surface area contributed by atoms with Gasteiger partial charge in [-0.25, -0.2) is 4.39 Å². The summed E-state index contributed by atoms with van der Waals surface area (Å²) in [6.45, 7) is 3.43. The van der Waals surface area contributed by atoms with E-state index in [9.17, 15) is 8.78 Å². The number of hydrogen-bond acceptors (Lipinski definition) is 1. The minimum atomic E-state index is -1.03. The summed E-state index contributed by atoms with van der Waals surface area (Å²) in [4.78, 5) is 3.58. The molecule has 2 aromatic rings. The molecular formula is C10H10F2N2. The standard InChI is InChI=1S/C10H10F2N2/c1-5-4-7-6(2)8(11)9(12)13-10(7)14(5)3/h4H,1-3H3. The Morgan fingerprint density at radius 3 is 2.57 bits per heavy atom. The van der Waals surface area contributed by atoms with Gasteiger partial charge in [0.1, 0.15) is 5.65 Å². The molecule has 0 aliphatic carbocycles. The molecule has 0 unspecified atom stereocenters. The second kappa shape index (κ2) is 2.77. The highest BCUT2D eigenvalue weighted by atomic mass is 19.2. The Morgan fingerprint density at radius 1 is 1.29 bits per heavy atom. The van der Waals surface area contributed by atoms with Crippen LogP contribution < -0.4 is 0 Å². The van der Waals surface area contributed by atoms with Crippen molar-refractivity contribution in [2.24, 2.45) is 7.05 Å². The minimum Gasteiger partial charge on any atom is -0.333 e. The van der Waals surface area contributed by atoms with E-state index in [4.69, 9.17) is 0 Å². The third kappa shape index (κ3) is 1.03. The maximum absolute atomic E-state index is 13.2. The molecule has 74 valence electrons. The first-order valence-electron chi connectivity index (χ1n) is 4.30. The summed E-state index contributed by atoms with van der Waals surface area (Å²) in [5, 5.41) is 0.670. The van der Waals surface area contributed by atoms with Gasteiger partial charge in [-0.15, -0.1) is 0 Å². The van der Waals surface area contributed by atoms with Gasteiger partial charge in [-0.2, -0.15) is 9.37 Å². The number of halogens is 2. The van der Waals surface area contributed by atoms with Crippen molar-refractivity contribution >= 4 is 11.0 Å². The van der Waals surface area contributed by atoms with E-state index in [1.165, 1.54) is 0 Å². The fourth-order valence-electron chi connectivity index (χ4n) is 1.54. The van der Waals surface area contributed by atoms with Crippen molar-refractivity contribution in [3.8, 4) is 0 Å². The molecule has 0 spiro atoms. The number of hydrogen-bond donors (Lipinski definition) is 0. The van der Waals surface area contributed by atoms with Crippen LogP contribution in [0.25, 0.3) is 11.0 Å². The largest absolute Gasteiger partial charge is 0.333 e. The molecule has 2 nitrogen and oxygen atoms in total. The predicted octanol–water partition coefficient (Wildman–Crippen LogP) is 2.47. The van der Waals surface area contributed by atoms with Crippen LogP contribution in [-0.4, -0.2) is 9.55 Å². The Morgan fingerprint density at radius 2 is 1.93 bits per heavy atom. The minimum absolute atomic E-state index is 0.316. The molecule has 0 aliphatic rings. The van der Waals surface area contributed by atoms with Crippen LogP contribution in [-0.2, 0) is 7.05 Å². The third-order valence-electron chi connectivity index (χ3n) is 2.56. The van der Waals surface area contributed by atoms with Crippen molar-refractivity contribution in [3.63, 3.8) is 0 Å². The summed E-state index contributed by atoms with van der Waals surface area (Å²) >= 11 is 0. The molecule has 0 N–H and O–H groups in total. The third-order valence-corrected chi connectivity index (χ3v) is 2.56. The van der Waals surface area contributed by atoms with E-state index in [2.05, 4.69) is 4.98 Å². The fraction of sp³-hybridized carbons (Fsp3) is 0.300. The van der Waals surface area contributed by atoms with Crippen LogP contribution in [0.15, 0.2) is 6.07 Å². The number of rotatable bonds is 0. The number of aryl methyl sites for hydroxylation is 3. The zero-order chi connectivity index (χ0) is 10.5. The highest BCUT2D eigenvalue weighted by Crippen LogP contribution is 2.23. The summed E-state index contributed by atoms with van der Waals surface area (Å²) in [6.07, 6.45) is 0. The first-order valence-corrected chi connectivity index (χ1v) is 4.30. The van der Waals surface area contributed by atoms with Crippen LogP contribution in [0, 0.1) is 25.6 Å². The predicted molar refractivity (Wildman–Crippen MR) is 50.1 cm³/mol. The topological polar surface area (TPSA) is 17.8 Å². The highest BCUT2D eigenvalue weighted by molar-refractivity contribution is 5.81. The zero-order valence-corrected chi connectivity index (χ0v) is 8.23. The number of pyridine rings is 1. The van der Waals surface area contributed by atoms with Gasteiger partial charge in [-0.1, -0.05) is 0 Å². The molecule has 2 aromatic heterocycles. The van der Waals surface area contributed by atoms with Crippen molar-refractivity contribution in [2.75, 3.05) is 0 Å². The van der Waals surface area contributed by atoms with Crippen LogP contribution in [0.3, 0.4) is 0 Å². The van der Waals surface area contributed by atoms with Crippen molar-refractivity contribution in [3.05, 3.63) is 29.1 Å². The van der Waals surface area contributed by atoms with Crippen LogP contribution in [0.2, 0.25) is 0 Å². The Kier molecular flexibility index (Phi) is 1.80. The van der Waals surface area contributed by atoms with Crippen LogP contribution >= 0.6 is 0 Å². The van der Waals surface area contributed by atoms with E-state index in [1.54, 1.807) is 24.6 Å². The van der Waals surface area contributed by atoms with Gasteiger partial charge in [0.15, 0.2) is 5.82 Å². The first-order chi connectivity index (χ1) is 6.52. The van der Waals surface area contributed by atoms with Crippen LogP contribution in [0.1, 0.15) is 11.3 Å². The molecule has 0 saturated carbocycles. The van der Waals surface area contributed by atoms with E-state index < -0.39 is 11.8 Å². The summed E-state index contributed by atoms with van der Waals surface area (Å²) < 4.78 is 27.9. The Hall–Kier alpha value is -1.45. The van der Waals surface area contributed by atoms with Gasteiger partial charge in [-0.05, 0) is 19.9 Å². The van der Waals surface area contributed by atoms with E-state index in [0.29, 0.717) is 16.6 Å². The molecule has 0 aliphatic heterocycles. The second-order valence-electron chi connectivity index (χ2n) is 3.42. The molecule has 0 atom stereocenters. The summed E-state index contributed by atoms with van der Waals surface area (Å²) in [7, 11) is 1.78. The fourth-order valence-corrected chi connectivity index (χ4v) is 1.54. The zero-order valence-electron chi connectivity index (χ0n) is 8.23. The summed E-state index contributed by atoms with van der Waals surface area (Å²) in [5.74, 6) is -1.89. The molecule has 4 heteroatoms. The van der Waals surface area contributed by atoms with Gasteiger partial charge in [0.2, 0.25) is 0 Å². The van der Waals surface area contributed by atoms with Crippen molar-refractivity contribution < 1.29 is 8.78 Å². The number of fused-ring (bicyclic) bond motifs is 1. The molecule has 0 bridgehead atoms. The average molecular weight is 196 g/mol. The lowest BCUT2D eigenvalue weighted by Crippen LogP contribution is -1.98. The lowest BCUT2D eigenvalue weighted by atomic mass is 10.2. The van der Waals surface area contributed by atoms with Gasteiger partial charge in [0, 0.05) is 23.7 Å². The van der Waals surface area contributed by atoms with Crippen molar-refractivity contribution in [1.82, 2.24) is 9.55 Å². The van der Waals surface area contributed by atoms with Gasteiger partial charge in [-0.3, -0.25) is 0 Å². The molecule has 2 heterocycles. The van der Waals surface area contributed by atoms with E-state index in [1.807, 2.05) is 6.92 Å². The van der Waals surface area contributed by atoms with Crippen molar-refractivity contribution in [2.45, 2.75) is 13.8 Å². The van der Waals surface area contributed by atoms with Crippen LogP contribution in [0.5, 0.6) is 0 Å². The lowest BCUT2D eigenvalue weighted by molar-refractivity contribution is 0.478. The molecule has 0 aromatic carbocycles. The maximum atomic E-state index is 13.2. The Bertz CT molecular complexity index is 515. The molecular weight excluding hydrogens is 186 g/mol. The number of nitrogens with zero attached hydrogens (tertiary/aromatic N) is 2. The van der Waals surface area contributed by atoms with E-state index in [0.717, 1.165) is 5.69 Å². The van der Waals surface area contributed by atoms with Gasteiger partial charge < -0.3 is 4.57 Å². The normalized spacial score (nSPS) is 11.2. The quantitative estimate of drug-likeness (QED) is 0.592. The van der Waals surface area contributed by atoms with Crippen molar-refractivity contribution in [1.29, 1.82) is 0 Å². The van der Waals surface area contributed by atoms with E-state index >= 15 is 0 Å². The van der Waals surface area contributed by atoms with Crippen LogP contribution in [0.4, 0.5) is 8.78 Å². The maximum Gasteiger partial charge on any atom is 0.251 e. The molecule has 0 fully saturated rings. The summed E-state index contributed by atoms with van der Waals surface area (Å²) in [6, 6.07) is 1.81. The molecule has 0 radical (unpaired) electrons. The van der Waals surface area contributed by atoms with E-state index in [-0.39, 0.29) is 0 Å². The van der Waals surface area contributed by atoms with Gasteiger partial charge in [0.25, 0.3) is 5.95 Å². The Balaban J connectivity index is 2.98. The highest BCUT2D eigenvalue weighted by Gasteiger charge is 2.14. The second-order valence-corrected chi connectivity index (χ2v) is 3.42. The lowest BCUT2D eigenvalue weighted by Gasteiger charge is -2.01. The Labute approximate surface area is 80.2 Å².